The third kappa shape index (κ3) is 5.03. The van der Waals surface area contributed by atoms with E-state index in [2.05, 4.69) is 21.0 Å². The van der Waals surface area contributed by atoms with Gasteiger partial charge >= 0.3 is 5.97 Å². The van der Waals surface area contributed by atoms with Crippen molar-refractivity contribution in [3.63, 3.8) is 0 Å². The summed E-state index contributed by atoms with van der Waals surface area (Å²) in [4.78, 5) is 20.7. The average Bonchev–Trinajstić information content (AvgIpc) is 3.29. The molecule has 2 bridgehead atoms. The van der Waals surface area contributed by atoms with Crippen LogP contribution in [-0.2, 0) is 20.7 Å². The summed E-state index contributed by atoms with van der Waals surface area (Å²) in [5.74, 6) is 0.595. The van der Waals surface area contributed by atoms with Gasteiger partial charge in [0.25, 0.3) is 0 Å². The Morgan fingerprint density at radius 3 is 2.65 bits per heavy atom. The lowest BCUT2D eigenvalue weighted by atomic mass is 9.88. The van der Waals surface area contributed by atoms with Crippen LogP contribution in [0.2, 0.25) is 0 Å². The van der Waals surface area contributed by atoms with Crippen molar-refractivity contribution < 1.29 is 19.4 Å². The Kier molecular flexibility index (Phi) is 6.62. The predicted molar refractivity (Wildman–Crippen MR) is 137 cm³/mol. The van der Waals surface area contributed by atoms with Gasteiger partial charge in [0.05, 0.1) is 30.0 Å². The van der Waals surface area contributed by atoms with Gasteiger partial charge in [0.15, 0.2) is 0 Å². The van der Waals surface area contributed by atoms with Crippen molar-refractivity contribution in [3.05, 3.63) is 47.9 Å². The zero-order chi connectivity index (χ0) is 26.3. The summed E-state index contributed by atoms with van der Waals surface area (Å²) in [6, 6.07) is 8.64. The Labute approximate surface area is 216 Å². The van der Waals surface area contributed by atoms with Crippen LogP contribution in [0.5, 0.6) is 0 Å². The first kappa shape index (κ1) is 25.1. The van der Waals surface area contributed by atoms with Crippen LogP contribution in [0.3, 0.4) is 0 Å². The number of pyridine rings is 2. The van der Waals surface area contributed by atoms with Crippen molar-refractivity contribution in [3.8, 4) is 17.2 Å². The SMILES string of the molecule is COC(=O)CCc1cc(-c2ccc(N3CC4CC(C3)N4C(O)OC(C)(C)C)nc2)c2c(C#N)cnn2c1. The number of nitrogens with zero attached hydrogens (tertiary/aromatic N) is 6. The highest BCUT2D eigenvalue weighted by atomic mass is 16.6. The Hall–Kier alpha value is -3.52. The number of carbonyl (C=O) groups excluding carboxylic acids is 1. The lowest BCUT2D eigenvalue weighted by Crippen LogP contribution is -2.72. The Morgan fingerprint density at radius 1 is 1.27 bits per heavy atom. The zero-order valence-corrected chi connectivity index (χ0v) is 21.6. The third-order valence-electron chi connectivity index (χ3n) is 6.98. The number of methoxy groups -OCH3 is 1. The zero-order valence-electron chi connectivity index (χ0n) is 21.6. The molecule has 3 aromatic rings. The summed E-state index contributed by atoms with van der Waals surface area (Å²) in [6.45, 7) is 7.35. The molecule has 0 amide bonds. The van der Waals surface area contributed by atoms with E-state index in [-0.39, 0.29) is 24.5 Å². The molecule has 3 atom stereocenters. The van der Waals surface area contributed by atoms with Crippen LogP contribution in [0.1, 0.15) is 44.7 Å². The fourth-order valence-electron chi connectivity index (χ4n) is 5.26. The summed E-state index contributed by atoms with van der Waals surface area (Å²) in [5.41, 5.74) is 3.39. The summed E-state index contributed by atoms with van der Waals surface area (Å²) < 4.78 is 12.2. The number of carbonyl (C=O) groups is 1. The van der Waals surface area contributed by atoms with Gasteiger partial charge in [-0.1, -0.05) is 0 Å². The number of esters is 1. The van der Waals surface area contributed by atoms with Gasteiger partial charge in [-0.3, -0.25) is 4.79 Å². The van der Waals surface area contributed by atoms with Gasteiger partial charge in [-0.05, 0) is 57.4 Å². The molecule has 3 aromatic heterocycles. The van der Waals surface area contributed by atoms with E-state index in [4.69, 9.17) is 14.5 Å². The molecule has 3 unspecified atom stereocenters. The maximum absolute atomic E-state index is 11.7. The summed E-state index contributed by atoms with van der Waals surface area (Å²) in [6.07, 6.45) is 6.10. The first-order chi connectivity index (χ1) is 17.7. The topological polar surface area (TPSA) is 116 Å². The van der Waals surface area contributed by atoms with Crippen molar-refractivity contribution in [1.29, 1.82) is 5.26 Å². The maximum Gasteiger partial charge on any atom is 0.305 e. The van der Waals surface area contributed by atoms with Gasteiger partial charge in [-0.25, -0.2) is 14.4 Å². The number of hydrogen-bond donors (Lipinski definition) is 1. The highest BCUT2D eigenvalue weighted by molar-refractivity contribution is 5.85. The van der Waals surface area contributed by atoms with Crippen molar-refractivity contribution in [2.45, 2.75) is 64.1 Å². The molecule has 0 aliphatic carbocycles. The van der Waals surface area contributed by atoms with Gasteiger partial charge in [0.1, 0.15) is 11.9 Å². The van der Waals surface area contributed by atoms with Crippen LogP contribution in [0.15, 0.2) is 36.8 Å². The highest BCUT2D eigenvalue weighted by Gasteiger charge is 2.48. The molecular weight excluding hydrogens is 472 g/mol. The molecule has 6 heterocycles. The number of hydrogen-bond acceptors (Lipinski definition) is 9. The lowest BCUT2D eigenvalue weighted by molar-refractivity contribution is -0.284. The number of aliphatic hydroxyl groups excluding tert-OH is 1. The van der Waals surface area contributed by atoms with E-state index in [1.54, 1.807) is 10.7 Å². The Morgan fingerprint density at radius 2 is 2.03 bits per heavy atom. The van der Waals surface area contributed by atoms with Gasteiger partial charge in [-0.2, -0.15) is 10.4 Å². The second kappa shape index (κ2) is 9.74. The minimum Gasteiger partial charge on any atom is -0.469 e. The molecule has 37 heavy (non-hydrogen) atoms. The number of anilines is 1. The van der Waals surface area contributed by atoms with Crippen LogP contribution >= 0.6 is 0 Å². The number of fused-ring (bicyclic) bond motifs is 3. The van der Waals surface area contributed by atoms with Crippen molar-refractivity contribution >= 4 is 17.3 Å². The molecular formula is C27H32N6O4. The van der Waals surface area contributed by atoms with E-state index < -0.39 is 12.0 Å². The monoisotopic (exact) mass is 504 g/mol. The molecule has 0 radical (unpaired) electrons. The Balaban J connectivity index is 1.36. The number of aliphatic hydroxyl groups is 1. The second-order valence-corrected chi connectivity index (χ2v) is 10.7. The molecule has 0 spiro atoms. The van der Waals surface area contributed by atoms with Crippen molar-refractivity contribution in [1.82, 2.24) is 19.5 Å². The molecule has 1 N–H and O–H groups in total. The first-order valence-electron chi connectivity index (χ1n) is 12.5. The normalized spacial score (nSPS) is 20.4. The van der Waals surface area contributed by atoms with Crippen LogP contribution in [0.4, 0.5) is 5.82 Å². The van der Waals surface area contributed by atoms with E-state index in [1.807, 2.05) is 51.4 Å². The molecule has 3 saturated heterocycles. The molecule has 3 aliphatic heterocycles. The minimum atomic E-state index is -0.903. The molecule has 0 saturated carbocycles. The molecule has 3 fully saturated rings. The Bertz CT molecular complexity index is 1330. The van der Waals surface area contributed by atoms with Gasteiger partial charge < -0.3 is 19.5 Å². The number of rotatable bonds is 7. The number of aryl methyl sites for hydroxylation is 1. The fourth-order valence-corrected chi connectivity index (χ4v) is 5.26. The average molecular weight is 505 g/mol. The molecule has 3 aliphatic rings. The van der Waals surface area contributed by atoms with E-state index in [0.717, 1.165) is 42.0 Å². The molecule has 194 valence electrons. The quantitative estimate of drug-likeness (QED) is 0.383. The smallest absolute Gasteiger partial charge is 0.305 e. The molecule has 0 aromatic carbocycles. The molecule has 6 rings (SSSR count). The number of ether oxygens (including phenoxy) is 2. The third-order valence-corrected chi connectivity index (χ3v) is 6.98. The van der Waals surface area contributed by atoms with Crippen molar-refractivity contribution in [2.24, 2.45) is 0 Å². The van der Waals surface area contributed by atoms with E-state index in [1.165, 1.54) is 7.11 Å². The number of piperidine rings is 1. The summed E-state index contributed by atoms with van der Waals surface area (Å²) in [5, 5.41) is 24.5. The van der Waals surface area contributed by atoms with E-state index in [9.17, 15) is 15.2 Å². The number of aromatic nitrogens is 3. The second-order valence-electron chi connectivity index (χ2n) is 10.7. The van der Waals surface area contributed by atoms with Crippen molar-refractivity contribution in [2.75, 3.05) is 25.1 Å². The number of nitriles is 1. The minimum absolute atomic E-state index is 0.216. The first-order valence-corrected chi connectivity index (χ1v) is 12.5. The van der Waals surface area contributed by atoms with Gasteiger partial charge in [0.2, 0.25) is 6.41 Å². The van der Waals surface area contributed by atoms with E-state index in [0.29, 0.717) is 17.5 Å². The highest BCUT2D eigenvalue weighted by Crippen LogP contribution is 2.37. The van der Waals surface area contributed by atoms with Gasteiger partial charge in [0, 0.05) is 55.1 Å². The van der Waals surface area contributed by atoms with Crippen LogP contribution in [-0.4, -0.2) is 74.9 Å². The van der Waals surface area contributed by atoms with Gasteiger partial charge in [-0.15, -0.1) is 0 Å². The molecule has 10 heteroatoms. The standard InChI is InChI=1S/C27H32N6O4/c1-27(2,3)37-26(35)33-20-10-21(33)16-31(15-20)23-7-6-18(12-29-23)22-9-17(5-8-24(34)36-4)14-32-25(22)19(11-28)13-30-32/h6-7,9,12-14,20-21,26,35H,5,8,10,15-16H2,1-4H3. The predicted octanol–water partition coefficient (Wildman–Crippen LogP) is 2.73. The fraction of sp³-hybridized carbons (Fsp3) is 0.481. The maximum atomic E-state index is 11.7. The van der Waals surface area contributed by atoms with Crippen LogP contribution in [0, 0.1) is 11.3 Å². The van der Waals surface area contributed by atoms with Crippen LogP contribution in [0.25, 0.3) is 16.6 Å². The molecule has 10 nitrogen and oxygen atoms in total. The largest absolute Gasteiger partial charge is 0.469 e. The lowest BCUT2D eigenvalue weighted by Gasteiger charge is -2.58. The summed E-state index contributed by atoms with van der Waals surface area (Å²) in [7, 11) is 1.38. The van der Waals surface area contributed by atoms with E-state index >= 15 is 0 Å². The summed E-state index contributed by atoms with van der Waals surface area (Å²) >= 11 is 0. The number of piperazine rings is 1. The van der Waals surface area contributed by atoms with Crippen LogP contribution < -0.4 is 4.90 Å².